The summed E-state index contributed by atoms with van der Waals surface area (Å²) in [5, 5.41) is 12.7. The second kappa shape index (κ2) is 11.4. The summed E-state index contributed by atoms with van der Waals surface area (Å²) in [5.41, 5.74) is 0. The molecule has 1 unspecified atom stereocenters. The molecular formula is C26H36O4Si. The number of carbonyl (C=O) groups is 1. The summed E-state index contributed by atoms with van der Waals surface area (Å²) < 4.78 is 11.9. The maximum Gasteiger partial charge on any atom is 0.330 e. The van der Waals surface area contributed by atoms with Gasteiger partial charge in [0.25, 0.3) is 8.32 Å². The van der Waals surface area contributed by atoms with E-state index in [-0.39, 0.29) is 11.1 Å². The molecule has 5 heteroatoms. The van der Waals surface area contributed by atoms with Crippen LogP contribution < -0.4 is 10.4 Å². The predicted molar refractivity (Wildman–Crippen MR) is 129 cm³/mol. The van der Waals surface area contributed by atoms with E-state index in [2.05, 4.69) is 76.2 Å². The van der Waals surface area contributed by atoms with Crippen LogP contribution in [0.5, 0.6) is 0 Å². The van der Waals surface area contributed by atoms with Crippen molar-refractivity contribution in [2.24, 2.45) is 0 Å². The van der Waals surface area contributed by atoms with Crippen molar-refractivity contribution in [3.63, 3.8) is 0 Å². The maximum atomic E-state index is 11.5. The first-order valence-electron chi connectivity index (χ1n) is 11.0. The van der Waals surface area contributed by atoms with E-state index in [0.29, 0.717) is 19.4 Å². The van der Waals surface area contributed by atoms with Crippen molar-refractivity contribution in [3.05, 3.63) is 72.8 Å². The molecule has 0 aliphatic carbocycles. The van der Waals surface area contributed by atoms with E-state index in [4.69, 9.17) is 9.16 Å². The minimum Gasteiger partial charge on any atom is -0.463 e. The Labute approximate surface area is 188 Å². The lowest BCUT2D eigenvalue weighted by Crippen LogP contribution is -2.67. The van der Waals surface area contributed by atoms with Crippen molar-refractivity contribution >= 4 is 24.7 Å². The van der Waals surface area contributed by atoms with E-state index in [1.165, 1.54) is 22.5 Å². The van der Waals surface area contributed by atoms with E-state index in [1.807, 2.05) is 12.1 Å². The Morgan fingerprint density at radius 2 is 1.52 bits per heavy atom. The number of rotatable bonds is 10. The molecule has 2 aromatic rings. The number of benzene rings is 2. The van der Waals surface area contributed by atoms with Gasteiger partial charge in [0.15, 0.2) is 0 Å². The highest BCUT2D eigenvalue weighted by atomic mass is 28.4. The third-order valence-corrected chi connectivity index (χ3v) is 10.6. The molecule has 2 rings (SSSR count). The molecule has 4 nitrogen and oxygen atoms in total. The van der Waals surface area contributed by atoms with Gasteiger partial charge in [-0.1, -0.05) is 81.4 Å². The van der Waals surface area contributed by atoms with Gasteiger partial charge in [0.05, 0.1) is 12.7 Å². The number of aliphatic hydroxyl groups excluding tert-OH is 1. The minimum absolute atomic E-state index is 0.0584. The molecular weight excluding hydrogens is 404 g/mol. The van der Waals surface area contributed by atoms with Gasteiger partial charge >= 0.3 is 5.97 Å². The van der Waals surface area contributed by atoms with Gasteiger partial charge in [-0.3, -0.25) is 0 Å². The molecule has 1 N–H and O–H groups in total. The first-order chi connectivity index (χ1) is 14.7. The molecule has 31 heavy (non-hydrogen) atoms. The molecule has 0 aliphatic heterocycles. The van der Waals surface area contributed by atoms with Crippen LogP contribution in [0.2, 0.25) is 5.04 Å². The predicted octanol–water partition coefficient (Wildman–Crippen LogP) is 4.21. The van der Waals surface area contributed by atoms with Crippen molar-refractivity contribution < 1.29 is 19.1 Å². The van der Waals surface area contributed by atoms with Crippen molar-refractivity contribution in [2.45, 2.75) is 64.7 Å². The Balaban J connectivity index is 2.25. The van der Waals surface area contributed by atoms with Crippen LogP contribution in [-0.2, 0) is 14.0 Å². The lowest BCUT2D eigenvalue weighted by Gasteiger charge is -2.44. The number of aliphatic hydroxyl groups is 1. The molecule has 0 aromatic heterocycles. The SMILES string of the molecule is CCOC(=O)/C=C/C(O)CC[C@H](C)O[Si](c1ccccc1)(c1ccccc1)C(C)(C)C. The van der Waals surface area contributed by atoms with E-state index in [1.54, 1.807) is 6.92 Å². The van der Waals surface area contributed by atoms with Crippen LogP contribution in [0.15, 0.2) is 72.8 Å². The van der Waals surface area contributed by atoms with Crippen LogP contribution in [0.25, 0.3) is 0 Å². The number of ether oxygens (including phenoxy) is 1. The van der Waals surface area contributed by atoms with E-state index >= 15 is 0 Å². The zero-order chi connectivity index (χ0) is 22.9. The number of hydrogen-bond donors (Lipinski definition) is 1. The van der Waals surface area contributed by atoms with Crippen LogP contribution >= 0.6 is 0 Å². The summed E-state index contributed by atoms with van der Waals surface area (Å²) in [6.07, 6.45) is 3.20. The molecule has 0 bridgehead atoms. The van der Waals surface area contributed by atoms with Gasteiger partial charge in [-0.2, -0.15) is 0 Å². The van der Waals surface area contributed by atoms with Gasteiger partial charge in [0, 0.05) is 12.2 Å². The second-order valence-corrected chi connectivity index (χ2v) is 13.1. The zero-order valence-corrected chi connectivity index (χ0v) is 20.4. The zero-order valence-electron chi connectivity index (χ0n) is 19.4. The first-order valence-corrected chi connectivity index (χ1v) is 12.9. The Morgan fingerprint density at radius 3 is 1.97 bits per heavy atom. The highest BCUT2D eigenvalue weighted by Crippen LogP contribution is 2.37. The third kappa shape index (κ3) is 6.63. The molecule has 0 fully saturated rings. The molecule has 0 saturated heterocycles. The fourth-order valence-corrected chi connectivity index (χ4v) is 8.67. The highest BCUT2D eigenvalue weighted by Gasteiger charge is 2.50. The number of hydrogen-bond acceptors (Lipinski definition) is 4. The quantitative estimate of drug-likeness (QED) is 0.342. The van der Waals surface area contributed by atoms with Gasteiger partial charge in [-0.25, -0.2) is 4.79 Å². The lowest BCUT2D eigenvalue weighted by molar-refractivity contribution is -0.137. The molecule has 168 valence electrons. The molecule has 2 atom stereocenters. The summed E-state index contributed by atoms with van der Waals surface area (Å²) in [4.78, 5) is 11.5. The fourth-order valence-electron chi connectivity index (χ4n) is 3.93. The third-order valence-electron chi connectivity index (χ3n) is 5.40. The monoisotopic (exact) mass is 440 g/mol. The maximum absolute atomic E-state index is 11.5. The fraction of sp³-hybridized carbons (Fsp3) is 0.423. The largest absolute Gasteiger partial charge is 0.463 e. The first kappa shape index (κ1) is 25.1. The molecule has 0 amide bonds. The summed E-state index contributed by atoms with van der Waals surface area (Å²) in [6, 6.07) is 21.1. The minimum atomic E-state index is -2.61. The lowest BCUT2D eigenvalue weighted by atomic mass is 10.1. The van der Waals surface area contributed by atoms with Crippen LogP contribution in [0.1, 0.15) is 47.5 Å². The normalized spacial score (nSPS) is 14.4. The van der Waals surface area contributed by atoms with Crippen molar-refractivity contribution in [2.75, 3.05) is 6.61 Å². The molecule has 0 heterocycles. The van der Waals surface area contributed by atoms with E-state index in [9.17, 15) is 9.90 Å². The summed E-state index contributed by atoms with van der Waals surface area (Å²) in [7, 11) is -2.61. The van der Waals surface area contributed by atoms with E-state index in [0.717, 1.165) is 0 Å². The van der Waals surface area contributed by atoms with Crippen LogP contribution in [-0.4, -0.2) is 38.2 Å². The van der Waals surface area contributed by atoms with Gasteiger partial charge in [0.2, 0.25) is 0 Å². The summed E-state index contributed by atoms with van der Waals surface area (Å²) >= 11 is 0. The molecule has 0 saturated carbocycles. The van der Waals surface area contributed by atoms with Crippen molar-refractivity contribution in [1.29, 1.82) is 0 Å². The summed E-state index contributed by atoms with van der Waals surface area (Å²) in [5.74, 6) is -0.432. The number of esters is 1. The standard InChI is InChI=1S/C26H36O4Si/c1-6-29-25(28)20-19-22(27)18-17-21(2)30-31(26(3,4)5,23-13-9-7-10-14-23)24-15-11-8-12-16-24/h7-16,19-22,27H,6,17-18H2,1-5H3/b20-19+/t21-,22?/m0/s1. The van der Waals surface area contributed by atoms with Gasteiger partial charge in [-0.05, 0) is 48.2 Å². The van der Waals surface area contributed by atoms with E-state index < -0.39 is 20.4 Å². The molecule has 0 radical (unpaired) electrons. The van der Waals surface area contributed by atoms with Crippen molar-refractivity contribution in [3.8, 4) is 0 Å². The van der Waals surface area contributed by atoms with Crippen LogP contribution in [0, 0.1) is 0 Å². The van der Waals surface area contributed by atoms with Gasteiger partial charge < -0.3 is 14.3 Å². The topological polar surface area (TPSA) is 55.8 Å². The van der Waals surface area contributed by atoms with Crippen LogP contribution in [0.4, 0.5) is 0 Å². The Morgan fingerprint density at radius 1 is 1.00 bits per heavy atom. The average molecular weight is 441 g/mol. The molecule has 2 aromatic carbocycles. The second-order valence-electron chi connectivity index (χ2n) is 8.85. The van der Waals surface area contributed by atoms with Gasteiger partial charge in [-0.15, -0.1) is 0 Å². The summed E-state index contributed by atoms with van der Waals surface area (Å²) in [6.45, 7) is 10.9. The Bertz CT molecular complexity index is 788. The van der Waals surface area contributed by atoms with Crippen LogP contribution in [0.3, 0.4) is 0 Å². The molecule has 0 spiro atoms. The molecule has 0 aliphatic rings. The highest BCUT2D eigenvalue weighted by molar-refractivity contribution is 6.99. The smallest absolute Gasteiger partial charge is 0.330 e. The van der Waals surface area contributed by atoms with Gasteiger partial charge in [0.1, 0.15) is 0 Å². The van der Waals surface area contributed by atoms with Crippen molar-refractivity contribution in [1.82, 2.24) is 0 Å². The Kier molecular flexibility index (Phi) is 9.23. The number of carbonyl (C=O) groups excluding carboxylic acids is 1. The Hall–Kier alpha value is -2.21. The average Bonchev–Trinajstić information content (AvgIpc) is 2.75.